The van der Waals surface area contributed by atoms with E-state index in [0.717, 1.165) is 62.1 Å². The molecule has 0 spiro atoms. The van der Waals surface area contributed by atoms with Crippen molar-refractivity contribution in [3.8, 4) is 0 Å². The summed E-state index contributed by atoms with van der Waals surface area (Å²) in [4.78, 5) is 16.0. The third-order valence-electron chi connectivity index (χ3n) is 5.70. The van der Waals surface area contributed by atoms with Crippen molar-refractivity contribution in [2.45, 2.75) is 70.6 Å². The monoisotopic (exact) mass is 398 g/mol. The number of hydrogen-bond acceptors (Lipinski definition) is 3. The van der Waals surface area contributed by atoms with E-state index in [9.17, 15) is 14.3 Å². The molecule has 1 aromatic heterocycles. The van der Waals surface area contributed by atoms with Crippen LogP contribution < -0.4 is 5.32 Å². The lowest BCUT2D eigenvalue weighted by molar-refractivity contribution is -0.137. The minimum Gasteiger partial charge on any atom is -0.481 e. The van der Waals surface area contributed by atoms with Crippen LogP contribution in [0.3, 0.4) is 0 Å². The number of hydrogen-bond donors (Lipinski definition) is 2. The summed E-state index contributed by atoms with van der Waals surface area (Å²) in [7, 11) is 0. The fourth-order valence-electron chi connectivity index (χ4n) is 4.11. The second kappa shape index (κ2) is 10.4. The summed E-state index contributed by atoms with van der Waals surface area (Å²) in [5.74, 6) is -0.386. The number of rotatable bonds is 10. The zero-order valence-corrected chi connectivity index (χ0v) is 17.2. The quantitative estimate of drug-likeness (QED) is 0.509. The number of carbonyl (C=O) groups is 1. The maximum atomic E-state index is 14.2. The number of pyridine rings is 1. The van der Waals surface area contributed by atoms with E-state index in [1.165, 1.54) is 18.1 Å². The maximum absolute atomic E-state index is 14.2. The van der Waals surface area contributed by atoms with E-state index in [0.29, 0.717) is 12.0 Å². The van der Waals surface area contributed by atoms with Gasteiger partial charge in [0.25, 0.3) is 0 Å². The summed E-state index contributed by atoms with van der Waals surface area (Å²) in [5.41, 5.74) is 3.94. The molecule has 1 atom stereocenters. The summed E-state index contributed by atoms with van der Waals surface area (Å²) >= 11 is 0. The molecule has 0 radical (unpaired) electrons. The van der Waals surface area contributed by atoms with Crippen molar-refractivity contribution in [3.63, 3.8) is 0 Å². The average molecular weight is 399 g/mol. The molecule has 0 bridgehead atoms. The summed E-state index contributed by atoms with van der Waals surface area (Å²) < 4.78 is 14.2. The lowest BCUT2D eigenvalue weighted by Crippen LogP contribution is -2.13. The summed E-state index contributed by atoms with van der Waals surface area (Å²) in [6.45, 7) is 2.91. The molecule has 0 amide bonds. The Labute approximate surface area is 172 Å². The number of nitrogens with zero attached hydrogens (tertiary/aromatic N) is 1. The smallest absolute Gasteiger partial charge is 0.303 e. The van der Waals surface area contributed by atoms with Gasteiger partial charge in [-0.2, -0.15) is 0 Å². The highest BCUT2D eigenvalue weighted by molar-refractivity contribution is 5.68. The molecule has 29 heavy (non-hydrogen) atoms. The highest BCUT2D eigenvalue weighted by Gasteiger charge is 2.19. The summed E-state index contributed by atoms with van der Waals surface area (Å²) in [6, 6.07) is 9.28. The molecular weight excluding hydrogens is 367 g/mol. The van der Waals surface area contributed by atoms with Gasteiger partial charge in [0.05, 0.1) is 6.42 Å². The Kier molecular flexibility index (Phi) is 7.62. The predicted octanol–water partition coefficient (Wildman–Crippen LogP) is 5.64. The van der Waals surface area contributed by atoms with Crippen molar-refractivity contribution in [2.75, 3.05) is 11.9 Å². The van der Waals surface area contributed by atoms with Crippen LogP contribution in [-0.2, 0) is 17.6 Å². The van der Waals surface area contributed by atoms with Gasteiger partial charge in [0.1, 0.15) is 11.6 Å². The van der Waals surface area contributed by atoms with E-state index in [-0.39, 0.29) is 18.2 Å². The zero-order valence-electron chi connectivity index (χ0n) is 17.2. The van der Waals surface area contributed by atoms with Gasteiger partial charge in [-0.05, 0) is 68.2 Å². The standard InChI is InChI=1S/C24H31FN2O2/c1-17-10-13-22(25)21(15-17)19(16-23(28)29)7-4-2-3-5-9-20-12-11-18-8-6-14-26-24(18)27-20/h10-13,15,19H,2-9,14,16H2,1H3,(H,26,27)(H,28,29)/t19-/m0/s1. The molecular formula is C24H31FN2O2. The van der Waals surface area contributed by atoms with E-state index < -0.39 is 5.97 Å². The molecule has 5 heteroatoms. The van der Waals surface area contributed by atoms with Crippen LogP contribution in [0.25, 0.3) is 0 Å². The number of aromatic nitrogens is 1. The van der Waals surface area contributed by atoms with Crippen LogP contribution in [0.4, 0.5) is 10.2 Å². The van der Waals surface area contributed by atoms with Crippen LogP contribution in [0, 0.1) is 12.7 Å². The molecule has 156 valence electrons. The van der Waals surface area contributed by atoms with Crippen molar-refractivity contribution >= 4 is 11.8 Å². The number of benzene rings is 1. The number of nitrogens with one attached hydrogen (secondary N) is 1. The molecule has 1 aliphatic heterocycles. The summed E-state index contributed by atoms with van der Waals surface area (Å²) in [5, 5.41) is 12.6. The summed E-state index contributed by atoms with van der Waals surface area (Å²) in [6.07, 6.45) is 7.98. The lowest BCUT2D eigenvalue weighted by Gasteiger charge is -2.17. The van der Waals surface area contributed by atoms with Crippen LogP contribution in [0.15, 0.2) is 30.3 Å². The van der Waals surface area contributed by atoms with Gasteiger partial charge in [-0.25, -0.2) is 9.37 Å². The van der Waals surface area contributed by atoms with E-state index in [2.05, 4.69) is 17.4 Å². The lowest BCUT2D eigenvalue weighted by atomic mass is 9.89. The van der Waals surface area contributed by atoms with Gasteiger partial charge in [0, 0.05) is 12.2 Å². The number of unbranched alkanes of at least 4 members (excludes halogenated alkanes) is 3. The number of halogens is 1. The second-order valence-corrected chi connectivity index (χ2v) is 8.11. The molecule has 0 saturated heterocycles. The van der Waals surface area contributed by atoms with Crippen molar-refractivity contribution < 1.29 is 14.3 Å². The second-order valence-electron chi connectivity index (χ2n) is 8.11. The normalized spacial score (nSPS) is 14.1. The third kappa shape index (κ3) is 6.28. The number of anilines is 1. The fraction of sp³-hybridized carbons (Fsp3) is 0.500. The number of aliphatic carboxylic acids is 1. The molecule has 2 aromatic rings. The van der Waals surface area contributed by atoms with Crippen molar-refractivity contribution in [1.29, 1.82) is 0 Å². The Morgan fingerprint density at radius 1 is 1.21 bits per heavy atom. The Balaban J connectivity index is 1.44. The molecule has 2 N–H and O–H groups in total. The third-order valence-corrected chi connectivity index (χ3v) is 5.70. The van der Waals surface area contributed by atoms with Crippen LogP contribution in [0.1, 0.15) is 73.2 Å². The fourth-order valence-corrected chi connectivity index (χ4v) is 4.11. The molecule has 1 aliphatic rings. The SMILES string of the molecule is Cc1ccc(F)c([C@@H](CCCCCCc2ccc3c(n2)NCCC3)CC(=O)O)c1. The van der Waals surface area contributed by atoms with Gasteiger partial charge in [-0.3, -0.25) is 4.79 Å². The van der Waals surface area contributed by atoms with Crippen molar-refractivity contribution in [1.82, 2.24) is 4.98 Å². The number of carboxylic acids is 1. The molecule has 3 rings (SSSR count). The van der Waals surface area contributed by atoms with Crippen LogP contribution in [-0.4, -0.2) is 22.6 Å². The first-order valence-corrected chi connectivity index (χ1v) is 10.7. The molecule has 0 unspecified atom stereocenters. The Bertz CT molecular complexity index is 838. The van der Waals surface area contributed by atoms with Gasteiger partial charge in [-0.15, -0.1) is 0 Å². The Morgan fingerprint density at radius 2 is 2.03 bits per heavy atom. The molecule has 0 fully saturated rings. The van der Waals surface area contributed by atoms with E-state index >= 15 is 0 Å². The van der Waals surface area contributed by atoms with Crippen LogP contribution in [0.2, 0.25) is 0 Å². The van der Waals surface area contributed by atoms with E-state index in [1.54, 1.807) is 12.1 Å². The average Bonchev–Trinajstić information content (AvgIpc) is 2.71. The van der Waals surface area contributed by atoms with E-state index in [1.807, 2.05) is 6.92 Å². The topological polar surface area (TPSA) is 62.2 Å². The Hall–Kier alpha value is -2.43. The first-order valence-electron chi connectivity index (χ1n) is 10.7. The molecule has 0 aliphatic carbocycles. The van der Waals surface area contributed by atoms with Gasteiger partial charge in [0.15, 0.2) is 0 Å². The molecule has 4 nitrogen and oxygen atoms in total. The van der Waals surface area contributed by atoms with Crippen molar-refractivity contribution in [2.24, 2.45) is 0 Å². The highest BCUT2D eigenvalue weighted by Crippen LogP contribution is 2.29. The van der Waals surface area contributed by atoms with Gasteiger partial charge < -0.3 is 10.4 Å². The van der Waals surface area contributed by atoms with Crippen LogP contribution in [0.5, 0.6) is 0 Å². The molecule has 1 aromatic carbocycles. The van der Waals surface area contributed by atoms with Gasteiger partial charge in [0.2, 0.25) is 0 Å². The predicted molar refractivity (Wildman–Crippen MR) is 114 cm³/mol. The maximum Gasteiger partial charge on any atom is 0.303 e. The first kappa shape index (κ1) is 21.3. The first-order chi connectivity index (χ1) is 14.0. The largest absolute Gasteiger partial charge is 0.481 e. The number of fused-ring (bicyclic) bond motifs is 1. The van der Waals surface area contributed by atoms with Crippen molar-refractivity contribution in [3.05, 3.63) is 58.5 Å². The molecule has 2 heterocycles. The van der Waals surface area contributed by atoms with Gasteiger partial charge in [-0.1, -0.05) is 43.0 Å². The molecule has 0 saturated carbocycles. The van der Waals surface area contributed by atoms with E-state index in [4.69, 9.17) is 4.98 Å². The minimum atomic E-state index is -0.872. The van der Waals surface area contributed by atoms with Gasteiger partial charge >= 0.3 is 5.97 Å². The number of carboxylic acid groups (broad SMARTS) is 1. The van der Waals surface area contributed by atoms with Crippen LogP contribution >= 0.6 is 0 Å². The highest BCUT2D eigenvalue weighted by atomic mass is 19.1. The zero-order chi connectivity index (χ0) is 20.6. The Morgan fingerprint density at radius 3 is 2.86 bits per heavy atom. The minimum absolute atomic E-state index is 0.0214. The number of aryl methyl sites for hydroxylation is 3.